The Hall–Kier alpha value is -2.19. The summed E-state index contributed by atoms with van der Waals surface area (Å²) in [6.07, 6.45) is 0.719. The first kappa shape index (κ1) is 18.2. The molecule has 0 saturated heterocycles. The van der Waals surface area contributed by atoms with Gasteiger partial charge in [0, 0.05) is 6.07 Å². The van der Waals surface area contributed by atoms with E-state index in [1.54, 1.807) is 17.7 Å². The summed E-state index contributed by atoms with van der Waals surface area (Å²) in [5.41, 5.74) is 0.0278. The third-order valence-electron chi connectivity index (χ3n) is 2.85. The zero-order valence-corrected chi connectivity index (χ0v) is 14.1. The Labute approximate surface area is 142 Å². The number of sulfonamides is 1. The number of benzene rings is 2. The fraction of sp³-hybridized carbons (Fsp3) is 0.133. The van der Waals surface area contributed by atoms with Gasteiger partial charge in [0.1, 0.15) is 11.6 Å². The molecule has 0 bridgehead atoms. The van der Waals surface area contributed by atoms with E-state index in [1.165, 1.54) is 12.1 Å². The molecule has 128 valence electrons. The highest BCUT2D eigenvalue weighted by atomic mass is 35.5. The molecule has 5 nitrogen and oxygen atoms in total. The average molecular weight is 376 g/mol. The fourth-order valence-electron chi connectivity index (χ4n) is 1.81. The molecule has 0 unspecified atom stereocenters. The summed E-state index contributed by atoms with van der Waals surface area (Å²) in [6, 6.07) is 5.98. The average Bonchev–Trinajstić information content (AvgIpc) is 2.44. The second-order valence-electron chi connectivity index (χ2n) is 5.00. The van der Waals surface area contributed by atoms with Crippen molar-refractivity contribution in [1.29, 1.82) is 0 Å². The molecule has 0 saturated carbocycles. The van der Waals surface area contributed by atoms with Crippen LogP contribution in [0, 0.1) is 18.6 Å². The zero-order valence-electron chi connectivity index (χ0n) is 12.6. The van der Waals surface area contributed by atoms with Gasteiger partial charge in [0.15, 0.2) is 11.6 Å². The van der Waals surface area contributed by atoms with E-state index in [0.29, 0.717) is 12.1 Å². The van der Waals surface area contributed by atoms with Crippen molar-refractivity contribution in [3.63, 3.8) is 0 Å². The van der Waals surface area contributed by atoms with Crippen molar-refractivity contribution < 1.29 is 26.7 Å². The van der Waals surface area contributed by atoms with Crippen molar-refractivity contribution in [2.45, 2.75) is 6.92 Å². The molecule has 2 aromatic carbocycles. The lowest BCUT2D eigenvalue weighted by Gasteiger charge is -2.11. The molecule has 0 aliphatic rings. The Morgan fingerprint density at radius 1 is 1.12 bits per heavy atom. The predicted molar refractivity (Wildman–Crippen MR) is 84.9 cm³/mol. The van der Waals surface area contributed by atoms with E-state index in [0.717, 1.165) is 11.8 Å². The summed E-state index contributed by atoms with van der Waals surface area (Å²) in [6.45, 7) is 1.76. The molecule has 1 N–H and O–H groups in total. The summed E-state index contributed by atoms with van der Waals surface area (Å²) in [7, 11) is -3.91. The molecule has 2 rings (SSSR count). The monoisotopic (exact) mass is 375 g/mol. The Morgan fingerprint density at radius 2 is 1.79 bits per heavy atom. The topological polar surface area (TPSA) is 72.5 Å². The maximum Gasteiger partial charge on any atom is 0.267 e. The minimum Gasteiger partial charge on any atom is -0.453 e. The first-order valence-electron chi connectivity index (χ1n) is 6.52. The summed E-state index contributed by atoms with van der Waals surface area (Å²) in [5, 5.41) is 0.194. The predicted octanol–water partition coefficient (Wildman–Crippen LogP) is 3.41. The molecule has 0 heterocycles. The van der Waals surface area contributed by atoms with Crippen LogP contribution < -0.4 is 9.46 Å². The van der Waals surface area contributed by atoms with Crippen LogP contribution in [0.4, 0.5) is 8.78 Å². The van der Waals surface area contributed by atoms with Gasteiger partial charge in [-0.05, 0) is 30.7 Å². The van der Waals surface area contributed by atoms with Crippen molar-refractivity contribution in [2.24, 2.45) is 0 Å². The molecule has 0 fully saturated rings. The molecule has 2 aromatic rings. The van der Waals surface area contributed by atoms with Crippen LogP contribution in [0.5, 0.6) is 11.5 Å². The minimum absolute atomic E-state index is 0.114. The molecule has 0 spiro atoms. The molecular formula is C15H12ClF2NO4S. The highest BCUT2D eigenvalue weighted by Gasteiger charge is 2.20. The van der Waals surface area contributed by atoms with Gasteiger partial charge in [-0.3, -0.25) is 4.79 Å². The molecular weight excluding hydrogens is 364 g/mol. The second kappa shape index (κ2) is 6.74. The molecule has 9 heteroatoms. The molecule has 0 aliphatic heterocycles. The maximum absolute atomic E-state index is 14.1. The SMILES string of the molecule is Cc1ccc(Cl)c(Oc2cc(F)c(C(=O)NS(C)(=O)=O)cc2F)c1. The van der Waals surface area contributed by atoms with Crippen molar-refractivity contribution in [3.05, 3.63) is 58.1 Å². The molecule has 0 radical (unpaired) electrons. The Balaban J connectivity index is 2.36. The third kappa shape index (κ3) is 4.42. The van der Waals surface area contributed by atoms with Crippen LogP contribution >= 0.6 is 11.6 Å². The van der Waals surface area contributed by atoms with E-state index in [9.17, 15) is 22.0 Å². The fourth-order valence-corrected chi connectivity index (χ4v) is 2.41. The van der Waals surface area contributed by atoms with Gasteiger partial charge < -0.3 is 4.74 Å². The smallest absolute Gasteiger partial charge is 0.267 e. The van der Waals surface area contributed by atoms with Crippen LogP contribution in [0.25, 0.3) is 0 Å². The van der Waals surface area contributed by atoms with Crippen LogP contribution in [0.1, 0.15) is 15.9 Å². The summed E-state index contributed by atoms with van der Waals surface area (Å²) in [4.78, 5) is 11.6. The van der Waals surface area contributed by atoms with Gasteiger partial charge in [0.05, 0.1) is 16.8 Å². The summed E-state index contributed by atoms with van der Waals surface area (Å²) < 4.78 is 56.9. The van der Waals surface area contributed by atoms with Crippen LogP contribution in [-0.4, -0.2) is 20.6 Å². The third-order valence-corrected chi connectivity index (χ3v) is 3.72. The number of hydrogen-bond acceptors (Lipinski definition) is 4. The Morgan fingerprint density at radius 3 is 2.42 bits per heavy atom. The van der Waals surface area contributed by atoms with Crippen LogP contribution in [-0.2, 0) is 10.0 Å². The van der Waals surface area contributed by atoms with Gasteiger partial charge in [-0.2, -0.15) is 0 Å². The van der Waals surface area contributed by atoms with Gasteiger partial charge >= 0.3 is 0 Å². The number of aryl methyl sites for hydroxylation is 1. The lowest BCUT2D eigenvalue weighted by molar-refractivity contribution is 0.0977. The van der Waals surface area contributed by atoms with Crippen LogP contribution in [0.15, 0.2) is 30.3 Å². The van der Waals surface area contributed by atoms with Crippen molar-refractivity contribution in [1.82, 2.24) is 4.72 Å². The normalized spacial score (nSPS) is 11.2. The Bertz CT molecular complexity index is 916. The van der Waals surface area contributed by atoms with Gasteiger partial charge in [-0.15, -0.1) is 0 Å². The Kier molecular flexibility index (Phi) is 5.10. The summed E-state index contributed by atoms with van der Waals surface area (Å²) >= 11 is 5.92. The van der Waals surface area contributed by atoms with E-state index >= 15 is 0 Å². The number of carbonyl (C=O) groups excluding carboxylic acids is 1. The number of rotatable bonds is 4. The van der Waals surface area contributed by atoms with Gasteiger partial charge in [-0.1, -0.05) is 17.7 Å². The van der Waals surface area contributed by atoms with Crippen molar-refractivity contribution in [3.8, 4) is 11.5 Å². The van der Waals surface area contributed by atoms with Crippen molar-refractivity contribution >= 4 is 27.5 Å². The lowest BCUT2D eigenvalue weighted by Crippen LogP contribution is -2.30. The van der Waals surface area contributed by atoms with Gasteiger partial charge in [-0.25, -0.2) is 21.9 Å². The molecule has 0 aliphatic carbocycles. The molecule has 1 amide bonds. The quantitative estimate of drug-likeness (QED) is 0.888. The highest BCUT2D eigenvalue weighted by Crippen LogP contribution is 2.32. The van der Waals surface area contributed by atoms with Crippen LogP contribution in [0.3, 0.4) is 0 Å². The lowest BCUT2D eigenvalue weighted by atomic mass is 10.2. The second-order valence-corrected chi connectivity index (χ2v) is 7.16. The minimum atomic E-state index is -3.91. The van der Waals surface area contributed by atoms with Crippen LogP contribution in [0.2, 0.25) is 5.02 Å². The number of carbonyl (C=O) groups is 1. The van der Waals surface area contributed by atoms with Gasteiger partial charge in [0.25, 0.3) is 5.91 Å². The number of halogens is 3. The van der Waals surface area contributed by atoms with E-state index < -0.39 is 38.9 Å². The highest BCUT2D eigenvalue weighted by molar-refractivity contribution is 7.89. The number of hydrogen-bond donors (Lipinski definition) is 1. The summed E-state index contributed by atoms with van der Waals surface area (Å²) in [5.74, 6) is -3.85. The first-order chi connectivity index (χ1) is 11.1. The van der Waals surface area contributed by atoms with E-state index in [-0.39, 0.29) is 10.8 Å². The van der Waals surface area contributed by atoms with Gasteiger partial charge in [0.2, 0.25) is 10.0 Å². The largest absolute Gasteiger partial charge is 0.453 e. The molecule has 0 aromatic heterocycles. The standard InChI is InChI=1S/C15H12ClF2NO4S/c1-8-3-4-10(16)13(5-8)23-14-7-11(17)9(6-12(14)18)15(20)19-24(2,21)22/h3-7H,1-2H3,(H,19,20). The van der Waals surface area contributed by atoms with E-state index in [4.69, 9.17) is 16.3 Å². The number of amides is 1. The number of nitrogens with one attached hydrogen (secondary N) is 1. The van der Waals surface area contributed by atoms with E-state index in [2.05, 4.69) is 0 Å². The zero-order chi connectivity index (χ0) is 18.1. The molecule has 24 heavy (non-hydrogen) atoms. The molecule has 0 atom stereocenters. The maximum atomic E-state index is 14.1. The first-order valence-corrected chi connectivity index (χ1v) is 8.79. The number of ether oxygens (including phenoxy) is 1. The van der Waals surface area contributed by atoms with E-state index in [1.807, 2.05) is 0 Å². The van der Waals surface area contributed by atoms with Crippen molar-refractivity contribution in [2.75, 3.05) is 6.26 Å².